The smallest absolute Gasteiger partial charge is 0.151 e. The van der Waals surface area contributed by atoms with Crippen LogP contribution in [0.5, 0.6) is 5.75 Å². The van der Waals surface area contributed by atoms with Crippen LogP contribution in [0.2, 0.25) is 0 Å². The molecule has 5 heteroatoms. The van der Waals surface area contributed by atoms with E-state index in [-0.39, 0.29) is 6.04 Å². The molecule has 0 aliphatic carbocycles. The summed E-state index contributed by atoms with van der Waals surface area (Å²) in [5.41, 5.74) is 0.909. The first-order valence-electron chi connectivity index (χ1n) is 6.02. The van der Waals surface area contributed by atoms with E-state index < -0.39 is 0 Å². The van der Waals surface area contributed by atoms with E-state index in [1.165, 1.54) is 0 Å². The van der Waals surface area contributed by atoms with Gasteiger partial charge < -0.3 is 10.4 Å². The van der Waals surface area contributed by atoms with Crippen LogP contribution in [0.25, 0.3) is 0 Å². The van der Waals surface area contributed by atoms with Crippen molar-refractivity contribution in [3.05, 3.63) is 42.0 Å². The molecule has 0 saturated carbocycles. The summed E-state index contributed by atoms with van der Waals surface area (Å²) >= 11 is 0. The van der Waals surface area contributed by atoms with Gasteiger partial charge in [-0.3, -0.25) is 4.68 Å². The van der Waals surface area contributed by atoms with Crippen LogP contribution in [0.15, 0.2) is 30.6 Å². The number of aryl methyl sites for hydroxylation is 1. The summed E-state index contributed by atoms with van der Waals surface area (Å²) in [5.74, 6) is 1.16. The number of nitrogens with one attached hydrogen (secondary N) is 1. The third-order valence-electron chi connectivity index (χ3n) is 2.85. The first kappa shape index (κ1) is 12.6. The van der Waals surface area contributed by atoms with Gasteiger partial charge in [-0.2, -0.15) is 5.10 Å². The third kappa shape index (κ3) is 3.07. The predicted molar refractivity (Wildman–Crippen MR) is 69.2 cm³/mol. The van der Waals surface area contributed by atoms with Crippen molar-refractivity contribution in [2.24, 2.45) is 7.05 Å². The Bertz CT molecular complexity index is 509. The molecule has 0 fully saturated rings. The first-order chi connectivity index (χ1) is 8.66. The molecule has 2 rings (SSSR count). The van der Waals surface area contributed by atoms with E-state index in [9.17, 15) is 5.11 Å². The van der Waals surface area contributed by atoms with Gasteiger partial charge in [-0.25, -0.2) is 4.98 Å². The molecule has 0 radical (unpaired) electrons. The lowest BCUT2D eigenvalue weighted by atomic mass is 10.1. The minimum absolute atomic E-state index is 0.106. The van der Waals surface area contributed by atoms with Gasteiger partial charge in [-0.05, 0) is 13.0 Å². The number of phenolic OH excluding ortho intramolecular Hbond substituents is 1. The number of phenols is 1. The molecular weight excluding hydrogens is 228 g/mol. The maximum absolute atomic E-state index is 9.73. The topological polar surface area (TPSA) is 63.0 Å². The number of benzene rings is 1. The van der Waals surface area contributed by atoms with E-state index in [4.69, 9.17) is 0 Å². The number of rotatable bonds is 5. The molecule has 18 heavy (non-hydrogen) atoms. The van der Waals surface area contributed by atoms with E-state index in [1.807, 2.05) is 32.2 Å². The van der Waals surface area contributed by atoms with Crippen LogP contribution in [0, 0.1) is 0 Å². The highest BCUT2D eigenvalue weighted by molar-refractivity contribution is 5.34. The summed E-state index contributed by atoms with van der Waals surface area (Å²) in [6.07, 6.45) is 2.47. The maximum Gasteiger partial charge on any atom is 0.151 e. The zero-order valence-electron chi connectivity index (χ0n) is 10.7. The van der Waals surface area contributed by atoms with E-state index in [0.29, 0.717) is 5.75 Å². The van der Waals surface area contributed by atoms with Crippen molar-refractivity contribution in [1.82, 2.24) is 20.1 Å². The van der Waals surface area contributed by atoms with Crippen LogP contribution in [-0.2, 0) is 13.5 Å². The molecular formula is C13H18N4O. The minimum Gasteiger partial charge on any atom is -0.508 e. The lowest BCUT2D eigenvalue weighted by molar-refractivity contribution is 0.453. The van der Waals surface area contributed by atoms with Crippen molar-refractivity contribution in [3.8, 4) is 5.75 Å². The molecule has 5 nitrogen and oxygen atoms in total. The zero-order chi connectivity index (χ0) is 13.0. The Labute approximate surface area is 106 Å². The first-order valence-corrected chi connectivity index (χ1v) is 6.02. The van der Waals surface area contributed by atoms with Crippen molar-refractivity contribution < 1.29 is 5.11 Å². The molecule has 1 heterocycles. The largest absolute Gasteiger partial charge is 0.508 e. The van der Waals surface area contributed by atoms with Crippen molar-refractivity contribution >= 4 is 0 Å². The number of para-hydroxylation sites is 1. The molecule has 0 saturated heterocycles. The molecule has 1 aromatic heterocycles. The SMILES string of the molecule is CC(NCCc1ncn(C)n1)c1ccccc1O. The number of aromatic hydroxyl groups is 1. The van der Waals surface area contributed by atoms with Crippen LogP contribution in [0.3, 0.4) is 0 Å². The van der Waals surface area contributed by atoms with Gasteiger partial charge in [0, 0.05) is 31.6 Å². The minimum atomic E-state index is 0.106. The summed E-state index contributed by atoms with van der Waals surface area (Å²) in [4.78, 5) is 4.17. The molecule has 0 spiro atoms. The third-order valence-corrected chi connectivity index (χ3v) is 2.85. The van der Waals surface area contributed by atoms with Crippen LogP contribution in [-0.4, -0.2) is 26.4 Å². The summed E-state index contributed by atoms with van der Waals surface area (Å²) in [5, 5.41) is 17.3. The van der Waals surface area contributed by atoms with Crippen LogP contribution in [0.4, 0.5) is 0 Å². The predicted octanol–water partition coefficient (Wildman–Crippen LogP) is 1.41. The lowest BCUT2D eigenvalue weighted by Gasteiger charge is -2.14. The van der Waals surface area contributed by atoms with Gasteiger partial charge in [0.05, 0.1) is 0 Å². The molecule has 0 amide bonds. The van der Waals surface area contributed by atoms with Crippen molar-refractivity contribution in [1.29, 1.82) is 0 Å². The molecule has 1 unspecified atom stereocenters. The van der Waals surface area contributed by atoms with Crippen molar-refractivity contribution in [2.75, 3.05) is 6.54 Å². The highest BCUT2D eigenvalue weighted by Crippen LogP contribution is 2.22. The Balaban J connectivity index is 1.85. The fraction of sp³-hybridized carbons (Fsp3) is 0.385. The molecule has 0 bridgehead atoms. The Morgan fingerprint density at radius 2 is 2.17 bits per heavy atom. The number of aromatic nitrogens is 3. The summed E-state index contributed by atoms with van der Waals surface area (Å²) < 4.78 is 1.70. The van der Waals surface area contributed by atoms with Gasteiger partial charge in [0.1, 0.15) is 12.1 Å². The van der Waals surface area contributed by atoms with Gasteiger partial charge in [0.2, 0.25) is 0 Å². The van der Waals surface area contributed by atoms with Crippen molar-refractivity contribution in [2.45, 2.75) is 19.4 Å². The van der Waals surface area contributed by atoms with Crippen LogP contribution >= 0.6 is 0 Å². The molecule has 2 N–H and O–H groups in total. The van der Waals surface area contributed by atoms with Gasteiger partial charge in [0.25, 0.3) is 0 Å². The Morgan fingerprint density at radius 1 is 1.39 bits per heavy atom. The van der Waals surface area contributed by atoms with Crippen molar-refractivity contribution in [3.63, 3.8) is 0 Å². The van der Waals surface area contributed by atoms with Crippen LogP contribution in [0.1, 0.15) is 24.4 Å². The van der Waals surface area contributed by atoms with E-state index in [2.05, 4.69) is 15.4 Å². The molecule has 1 aromatic carbocycles. The zero-order valence-corrected chi connectivity index (χ0v) is 10.7. The second kappa shape index (κ2) is 5.64. The summed E-state index contributed by atoms with van der Waals surface area (Å²) in [7, 11) is 1.86. The second-order valence-corrected chi connectivity index (χ2v) is 4.32. The maximum atomic E-state index is 9.73. The fourth-order valence-corrected chi connectivity index (χ4v) is 1.86. The second-order valence-electron chi connectivity index (χ2n) is 4.32. The molecule has 1 atom stereocenters. The standard InChI is InChI=1S/C13H18N4O/c1-10(11-5-3-4-6-12(11)18)14-8-7-13-15-9-17(2)16-13/h3-6,9-10,14,18H,7-8H2,1-2H3. The monoisotopic (exact) mass is 246 g/mol. The summed E-state index contributed by atoms with van der Waals surface area (Å²) in [6.45, 7) is 2.81. The van der Waals surface area contributed by atoms with E-state index in [0.717, 1.165) is 24.4 Å². The normalized spacial score (nSPS) is 12.6. The highest BCUT2D eigenvalue weighted by atomic mass is 16.3. The van der Waals surface area contributed by atoms with Gasteiger partial charge >= 0.3 is 0 Å². The molecule has 0 aliphatic rings. The van der Waals surface area contributed by atoms with Gasteiger partial charge in [0.15, 0.2) is 5.82 Å². The molecule has 96 valence electrons. The van der Waals surface area contributed by atoms with Gasteiger partial charge in [-0.15, -0.1) is 0 Å². The van der Waals surface area contributed by atoms with E-state index in [1.54, 1.807) is 17.1 Å². The fourth-order valence-electron chi connectivity index (χ4n) is 1.86. The molecule has 0 aliphatic heterocycles. The Morgan fingerprint density at radius 3 is 2.83 bits per heavy atom. The average Bonchev–Trinajstić information content (AvgIpc) is 2.75. The lowest BCUT2D eigenvalue weighted by Crippen LogP contribution is -2.21. The number of hydrogen-bond donors (Lipinski definition) is 2. The Hall–Kier alpha value is -1.88. The quantitative estimate of drug-likeness (QED) is 0.837. The Kier molecular flexibility index (Phi) is 3.94. The van der Waals surface area contributed by atoms with Crippen LogP contribution < -0.4 is 5.32 Å². The highest BCUT2D eigenvalue weighted by Gasteiger charge is 2.09. The summed E-state index contributed by atoms with van der Waals surface area (Å²) in [6, 6.07) is 7.48. The number of nitrogens with zero attached hydrogens (tertiary/aromatic N) is 3. The van der Waals surface area contributed by atoms with Gasteiger partial charge in [-0.1, -0.05) is 18.2 Å². The number of hydrogen-bond acceptors (Lipinski definition) is 4. The van der Waals surface area contributed by atoms with E-state index >= 15 is 0 Å². The molecule has 2 aromatic rings. The average molecular weight is 246 g/mol.